The van der Waals surface area contributed by atoms with Gasteiger partial charge in [-0.1, -0.05) is 53.2 Å². The van der Waals surface area contributed by atoms with Crippen LogP contribution < -0.4 is 5.32 Å². The summed E-state index contributed by atoms with van der Waals surface area (Å²) < 4.78 is 0. The van der Waals surface area contributed by atoms with Gasteiger partial charge in [0.15, 0.2) is 0 Å². The van der Waals surface area contributed by atoms with Gasteiger partial charge in [0.2, 0.25) is 0 Å². The summed E-state index contributed by atoms with van der Waals surface area (Å²) in [7, 11) is 2.36. The highest BCUT2D eigenvalue weighted by molar-refractivity contribution is 5.34. The lowest BCUT2D eigenvalue weighted by atomic mass is 9.33. The van der Waals surface area contributed by atoms with Crippen molar-refractivity contribution in [2.24, 2.45) is 45.8 Å². The van der Waals surface area contributed by atoms with Gasteiger partial charge < -0.3 is 10.2 Å². The molecule has 1 aromatic rings. The Labute approximate surface area is 251 Å². The normalized spacial score (nSPS) is 48.9. The summed E-state index contributed by atoms with van der Waals surface area (Å²) in [5.41, 5.74) is 6.03. The maximum atomic E-state index is 4.63. The van der Waals surface area contributed by atoms with Crippen LogP contribution >= 0.6 is 0 Å². The van der Waals surface area contributed by atoms with Crippen LogP contribution in [-0.2, 0) is 11.8 Å². The third-order valence-corrected chi connectivity index (χ3v) is 15.7. The Morgan fingerprint density at radius 1 is 0.976 bits per heavy atom. The van der Waals surface area contributed by atoms with Crippen molar-refractivity contribution < 1.29 is 0 Å². The Morgan fingerprint density at radius 2 is 1.78 bits per heavy atom. The molecule has 0 radical (unpaired) electrons. The molecule has 5 fully saturated rings. The number of fused-ring (bicyclic) bond motifs is 8. The van der Waals surface area contributed by atoms with Crippen LogP contribution in [0.25, 0.3) is 0 Å². The van der Waals surface area contributed by atoms with Crippen molar-refractivity contribution in [1.29, 1.82) is 0 Å². The van der Waals surface area contributed by atoms with Gasteiger partial charge in [-0.3, -0.25) is 5.10 Å². The van der Waals surface area contributed by atoms with Crippen LogP contribution in [0.5, 0.6) is 0 Å². The average molecular weight is 561 g/mol. The number of hydrogen-bond donors (Lipinski definition) is 2. The van der Waals surface area contributed by atoms with E-state index in [0.29, 0.717) is 33.7 Å². The van der Waals surface area contributed by atoms with Gasteiger partial charge in [0, 0.05) is 29.2 Å². The third kappa shape index (κ3) is 3.80. The third-order valence-electron chi connectivity index (χ3n) is 15.7. The van der Waals surface area contributed by atoms with Gasteiger partial charge in [0.25, 0.3) is 0 Å². The first-order chi connectivity index (χ1) is 19.4. The van der Waals surface area contributed by atoms with E-state index >= 15 is 0 Å². The predicted molar refractivity (Wildman–Crippen MR) is 170 cm³/mol. The molecule has 1 aliphatic heterocycles. The van der Waals surface area contributed by atoms with Gasteiger partial charge in [-0.2, -0.15) is 5.10 Å². The molecule has 2 N–H and O–H groups in total. The first-order valence-corrected chi connectivity index (χ1v) is 17.5. The lowest BCUT2D eigenvalue weighted by Gasteiger charge is -2.72. The summed E-state index contributed by atoms with van der Waals surface area (Å²) in [5, 5.41) is 12.4. The molecule has 7 rings (SSSR count). The van der Waals surface area contributed by atoms with E-state index in [1.54, 1.807) is 0 Å². The molecule has 4 heteroatoms. The van der Waals surface area contributed by atoms with Crippen molar-refractivity contribution in [3.05, 3.63) is 29.6 Å². The number of rotatable bonds is 4. The molecule has 228 valence electrons. The summed E-state index contributed by atoms with van der Waals surface area (Å²) in [6.07, 6.45) is 18.6. The van der Waals surface area contributed by atoms with E-state index < -0.39 is 0 Å². The zero-order chi connectivity index (χ0) is 29.0. The molecular formula is C37H60N4. The summed E-state index contributed by atoms with van der Waals surface area (Å²) in [6, 6.07) is 0.710. The van der Waals surface area contributed by atoms with E-state index in [9.17, 15) is 0 Å². The number of aromatic nitrogens is 2. The lowest BCUT2D eigenvalue weighted by Crippen LogP contribution is -2.69. The highest BCUT2D eigenvalue weighted by Gasteiger charge is 2.70. The fourth-order valence-electron chi connectivity index (χ4n) is 13.6. The van der Waals surface area contributed by atoms with Crippen molar-refractivity contribution in [2.75, 3.05) is 20.1 Å². The van der Waals surface area contributed by atoms with E-state index in [1.165, 1.54) is 107 Å². The Kier molecular flexibility index (Phi) is 6.59. The molecular weight excluding hydrogens is 500 g/mol. The second kappa shape index (κ2) is 9.43. The Morgan fingerprint density at radius 3 is 2.54 bits per heavy atom. The molecule has 0 spiro atoms. The number of nitrogens with one attached hydrogen (secondary N) is 2. The molecule has 4 nitrogen and oxygen atoms in total. The molecule has 2 heterocycles. The van der Waals surface area contributed by atoms with E-state index in [2.05, 4.69) is 81.8 Å². The highest BCUT2D eigenvalue weighted by Crippen LogP contribution is 2.76. The van der Waals surface area contributed by atoms with Crippen molar-refractivity contribution in [2.45, 2.75) is 136 Å². The number of aromatic amines is 1. The number of piperidine rings is 1. The summed E-state index contributed by atoms with van der Waals surface area (Å²) in [4.78, 5) is 2.64. The Bertz CT molecular complexity index is 1180. The molecule has 0 amide bonds. The van der Waals surface area contributed by atoms with Crippen molar-refractivity contribution in [3.8, 4) is 0 Å². The van der Waals surface area contributed by atoms with Crippen molar-refractivity contribution in [3.63, 3.8) is 0 Å². The van der Waals surface area contributed by atoms with E-state index in [0.717, 1.165) is 23.7 Å². The zero-order valence-electron chi connectivity index (χ0n) is 27.5. The van der Waals surface area contributed by atoms with Crippen LogP contribution in [-0.4, -0.2) is 46.8 Å². The van der Waals surface area contributed by atoms with Gasteiger partial charge in [-0.25, -0.2) is 0 Å². The van der Waals surface area contributed by atoms with E-state index in [1.807, 2.05) is 0 Å². The van der Waals surface area contributed by atoms with Crippen molar-refractivity contribution >= 4 is 0 Å². The standard InChI is InChI=1S/C37H60N4/c1-24(2)27-14-17-37(38-23-26-11-9-10-20-41(26)8)19-18-35(6)28(31(27)37)12-13-30-34(5)21-25-22-39-40-32(25)33(3,4)29(34)15-16-36(30,35)7/h22,26-31,38H,1,9-21,23H2,2-8H3,(H,39,40)/t26-,27+,28-,29+,30-,31-,34+,35-,36-,37+/m1/s1. The fourth-order valence-corrected chi connectivity index (χ4v) is 13.6. The molecule has 4 saturated carbocycles. The molecule has 0 aromatic carbocycles. The van der Waals surface area contributed by atoms with Crippen LogP contribution in [0, 0.1) is 45.8 Å². The number of allylic oxidation sites excluding steroid dienone is 1. The smallest absolute Gasteiger partial charge is 0.0522 e. The lowest BCUT2D eigenvalue weighted by molar-refractivity contribution is -0.219. The molecule has 1 saturated heterocycles. The van der Waals surface area contributed by atoms with Gasteiger partial charge in [0.1, 0.15) is 0 Å². The maximum Gasteiger partial charge on any atom is 0.0522 e. The second-order valence-electron chi connectivity index (χ2n) is 17.5. The number of H-pyrrole nitrogens is 1. The molecule has 0 unspecified atom stereocenters. The topological polar surface area (TPSA) is 44.0 Å². The van der Waals surface area contributed by atoms with E-state index in [-0.39, 0.29) is 5.41 Å². The molecule has 10 atom stereocenters. The number of likely N-dealkylation sites (N-methyl/N-ethyl adjacent to an activating group) is 1. The minimum Gasteiger partial charge on any atom is -0.309 e. The van der Waals surface area contributed by atoms with Crippen LogP contribution in [0.2, 0.25) is 0 Å². The highest BCUT2D eigenvalue weighted by atomic mass is 15.2. The predicted octanol–water partition coefficient (Wildman–Crippen LogP) is 7.91. The monoisotopic (exact) mass is 560 g/mol. The van der Waals surface area contributed by atoms with Gasteiger partial charge in [-0.05, 0) is 143 Å². The SMILES string of the molecule is C=C(C)[C@@H]1CC[C@]2(NC[C@H]3CCCCN3C)CC[C@]3(C)[C@H](CC[C@@H]4[C@@]5(C)Cc6cn[nH]c6C(C)(C)[C@@H]5CC[C@]43C)[C@@H]12. The first kappa shape index (κ1) is 28.6. The summed E-state index contributed by atoms with van der Waals surface area (Å²) in [6.45, 7) is 22.8. The zero-order valence-corrected chi connectivity index (χ0v) is 27.5. The Balaban J connectivity index is 1.22. The number of nitrogens with zero attached hydrogens (tertiary/aromatic N) is 2. The maximum absolute atomic E-state index is 4.63. The second-order valence-corrected chi connectivity index (χ2v) is 17.5. The minimum absolute atomic E-state index is 0.173. The molecule has 6 aliphatic rings. The quantitative estimate of drug-likeness (QED) is 0.368. The molecule has 0 bridgehead atoms. The van der Waals surface area contributed by atoms with Crippen LogP contribution in [0.15, 0.2) is 18.3 Å². The summed E-state index contributed by atoms with van der Waals surface area (Å²) >= 11 is 0. The number of hydrogen-bond acceptors (Lipinski definition) is 3. The van der Waals surface area contributed by atoms with Crippen LogP contribution in [0.1, 0.15) is 123 Å². The average Bonchev–Trinajstić information content (AvgIpc) is 3.54. The van der Waals surface area contributed by atoms with Gasteiger partial charge >= 0.3 is 0 Å². The largest absolute Gasteiger partial charge is 0.309 e. The number of likely N-dealkylation sites (tertiary alicyclic amines) is 1. The van der Waals surface area contributed by atoms with Gasteiger partial charge in [0.05, 0.1) is 6.20 Å². The summed E-state index contributed by atoms with van der Waals surface area (Å²) in [5.74, 6) is 3.76. The molecule has 41 heavy (non-hydrogen) atoms. The molecule has 5 aliphatic carbocycles. The van der Waals surface area contributed by atoms with Crippen LogP contribution in [0.3, 0.4) is 0 Å². The Hall–Kier alpha value is -1.13. The van der Waals surface area contributed by atoms with E-state index in [4.69, 9.17) is 0 Å². The first-order valence-electron chi connectivity index (χ1n) is 17.5. The fraction of sp³-hybridized carbons (Fsp3) is 0.865. The minimum atomic E-state index is 0.173. The molecule has 1 aromatic heterocycles. The van der Waals surface area contributed by atoms with Crippen molar-refractivity contribution in [1.82, 2.24) is 20.4 Å². The van der Waals surface area contributed by atoms with Crippen LogP contribution in [0.4, 0.5) is 0 Å². The van der Waals surface area contributed by atoms with Gasteiger partial charge in [-0.15, -0.1) is 0 Å².